The normalized spacial score (nSPS) is 11.0. The average molecular weight is 290 g/mol. The number of nitrogens with zero attached hydrogens (tertiary/aromatic N) is 1. The van der Waals surface area contributed by atoms with Crippen molar-refractivity contribution < 1.29 is 4.74 Å². The predicted octanol–water partition coefficient (Wildman–Crippen LogP) is 4.23. The zero-order valence-electron chi connectivity index (χ0n) is 12.3. The van der Waals surface area contributed by atoms with Crippen molar-refractivity contribution in [2.75, 3.05) is 12.3 Å². The lowest BCUT2D eigenvalue weighted by molar-refractivity contribution is 0.319. The molecule has 2 rings (SSSR count). The van der Waals surface area contributed by atoms with Gasteiger partial charge in [0.15, 0.2) is 0 Å². The predicted molar refractivity (Wildman–Crippen MR) is 85.6 cm³/mol. The molecule has 0 aliphatic rings. The second-order valence-electron chi connectivity index (χ2n) is 5.22. The molecule has 0 saturated heterocycles. The number of anilines is 1. The Bertz CT molecular complexity index is 563. The van der Waals surface area contributed by atoms with Crippen LogP contribution in [-0.2, 0) is 6.42 Å². The number of nitrogen functional groups attached to an aromatic ring is 1. The number of ether oxygens (including phenoxy) is 1. The van der Waals surface area contributed by atoms with E-state index in [4.69, 9.17) is 10.5 Å². The Morgan fingerprint density at radius 1 is 1.35 bits per heavy atom. The second-order valence-corrected chi connectivity index (χ2v) is 6.16. The lowest BCUT2D eigenvalue weighted by Gasteiger charge is -2.09. The Labute approximate surface area is 124 Å². The van der Waals surface area contributed by atoms with Crippen molar-refractivity contribution in [3.8, 4) is 5.75 Å². The molecule has 2 aromatic rings. The Morgan fingerprint density at radius 2 is 2.15 bits per heavy atom. The maximum absolute atomic E-state index is 6.03. The number of hydrogen-bond acceptors (Lipinski definition) is 4. The van der Waals surface area contributed by atoms with E-state index in [9.17, 15) is 0 Å². The molecule has 0 bridgehead atoms. The Kier molecular flexibility index (Phi) is 5.01. The zero-order chi connectivity index (χ0) is 14.5. The molecule has 4 heteroatoms. The Balaban J connectivity index is 2.07. The molecule has 0 aliphatic carbocycles. The van der Waals surface area contributed by atoms with Gasteiger partial charge in [-0.25, -0.2) is 4.98 Å². The van der Waals surface area contributed by atoms with E-state index in [1.54, 1.807) is 11.3 Å². The van der Waals surface area contributed by atoms with Gasteiger partial charge in [-0.3, -0.25) is 0 Å². The highest BCUT2D eigenvalue weighted by atomic mass is 32.1. The van der Waals surface area contributed by atoms with Crippen molar-refractivity contribution >= 4 is 17.0 Å². The molecule has 20 heavy (non-hydrogen) atoms. The summed E-state index contributed by atoms with van der Waals surface area (Å²) >= 11 is 1.71. The number of benzene rings is 1. The molecule has 0 amide bonds. The van der Waals surface area contributed by atoms with Crippen molar-refractivity contribution in [2.24, 2.45) is 0 Å². The number of aromatic nitrogens is 1. The SMILES string of the molecule is CCCOc1ccc(Cc2nc(C(C)C)cs2)cc1N. The molecule has 1 heterocycles. The van der Waals surface area contributed by atoms with Crippen LogP contribution < -0.4 is 10.5 Å². The van der Waals surface area contributed by atoms with Crippen molar-refractivity contribution in [1.29, 1.82) is 0 Å². The largest absolute Gasteiger partial charge is 0.491 e. The highest BCUT2D eigenvalue weighted by Gasteiger charge is 2.08. The smallest absolute Gasteiger partial charge is 0.142 e. The summed E-state index contributed by atoms with van der Waals surface area (Å²) in [5.74, 6) is 1.26. The second kappa shape index (κ2) is 6.75. The van der Waals surface area contributed by atoms with Crippen molar-refractivity contribution in [1.82, 2.24) is 4.98 Å². The highest BCUT2D eigenvalue weighted by molar-refractivity contribution is 7.09. The first-order valence-corrected chi connectivity index (χ1v) is 7.93. The zero-order valence-corrected chi connectivity index (χ0v) is 13.2. The highest BCUT2D eigenvalue weighted by Crippen LogP contribution is 2.25. The molecule has 2 N–H and O–H groups in total. The number of hydrogen-bond donors (Lipinski definition) is 1. The Morgan fingerprint density at radius 3 is 2.75 bits per heavy atom. The van der Waals surface area contributed by atoms with Crippen LogP contribution in [0.25, 0.3) is 0 Å². The molecule has 108 valence electrons. The van der Waals surface area contributed by atoms with Gasteiger partial charge in [0.1, 0.15) is 5.75 Å². The van der Waals surface area contributed by atoms with Gasteiger partial charge >= 0.3 is 0 Å². The van der Waals surface area contributed by atoms with Gasteiger partial charge in [-0.1, -0.05) is 26.8 Å². The minimum absolute atomic E-state index is 0.481. The molecular formula is C16H22N2OS. The van der Waals surface area contributed by atoms with Crippen LogP contribution in [0.1, 0.15) is 49.4 Å². The molecule has 0 fully saturated rings. The van der Waals surface area contributed by atoms with Crippen LogP contribution in [0.3, 0.4) is 0 Å². The molecule has 0 spiro atoms. The fourth-order valence-corrected chi connectivity index (χ4v) is 2.89. The van der Waals surface area contributed by atoms with Gasteiger partial charge in [-0.2, -0.15) is 0 Å². The average Bonchev–Trinajstić information content (AvgIpc) is 2.86. The lowest BCUT2D eigenvalue weighted by atomic mass is 10.1. The van der Waals surface area contributed by atoms with Crippen LogP contribution in [0.15, 0.2) is 23.6 Å². The van der Waals surface area contributed by atoms with E-state index in [-0.39, 0.29) is 0 Å². The number of rotatable bonds is 6. The molecule has 0 atom stereocenters. The maximum Gasteiger partial charge on any atom is 0.142 e. The van der Waals surface area contributed by atoms with Gasteiger partial charge in [0.25, 0.3) is 0 Å². The molecule has 0 radical (unpaired) electrons. The van der Waals surface area contributed by atoms with E-state index in [1.807, 2.05) is 12.1 Å². The summed E-state index contributed by atoms with van der Waals surface area (Å²) in [7, 11) is 0. The molecule has 1 aromatic carbocycles. The van der Waals surface area contributed by atoms with Crippen LogP contribution in [0, 0.1) is 0 Å². The van der Waals surface area contributed by atoms with Gasteiger partial charge in [-0.15, -0.1) is 11.3 Å². The Hall–Kier alpha value is -1.55. The first-order valence-electron chi connectivity index (χ1n) is 7.05. The van der Waals surface area contributed by atoms with E-state index < -0.39 is 0 Å². The minimum atomic E-state index is 0.481. The minimum Gasteiger partial charge on any atom is -0.491 e. The van der Waals surface area contributed by atoms with Crippen molar-refractivity contribution in [3.63, 3.8) is 0 Å². The maximum atomic E-state index is 6.03. The van der Waals surface area contributed by atoms with Gasteiger partial charge in [0.05, 0.1) is 23.0 Å². The van der Waals surface area contributed by atoms with Gasteiger partial charge in [0.2, 0.25) is 0 Å². The first kappa shape index (κ1) is 14.9. The fourth-order valence-electron chi connectivity index (χ4n) is 1.90. The summed E-state index contributed by atoms with van der Waals surface area (Å²) in [6.45, 7) is 7.11. The standard InChI is InChI=1S/C16H22N2OS/c1-4-7-19-15-6-5-12(8-13(15)17)9-16-18-14(10-20-16)11(2)3/h5-6,8,10-11H,4,7,9,17H2,1-3H3. The monoisotopic (exact) mass is 290 g/mol. The van der Waals surface area contributed by atoms with Crippen molar-refractivity contribution in [3.05, 3.63) is 39.8 Å². The van der Waals surface area contributed by atoms with Crippen LogP contribution in [0.2, 0.25) is 0 Å². The topological polar surface area (TPSA) is 48.1 Å². The summed E-state index contributed by atoms with van der Waals surface area (Å²) in [4.78, 5) is 4.65. The van der Waals surface area contributed by atoms with Crippen LogP contribution in [0.4, 0.5) is 5.69 Å². The van der Waals surface area contributed by atoms with E-state index in [0.29, 0.717) is 18.2 Å². The molecular weight excluding hydrogens is 268 g/mol. The number of thiazole rings is 1. The van der Waals surface area contributed by atoms with Crippen LogP contribution in [0.5, 0.6) is 5.75 Å². The van der Waals surface area contributed by atoms with Crippen molar-refractivity contribution in [2.45, 2.75) is 39.5 Å². The molecule has 0 aliphatic heterocycles. The summed E-state index contributed by atoms with van der Waals surface area (Å²) < 4.78 is 5.59. The van der Waals surface area contributed by atoms with Gasteiger partial charge < -0.3 is 10.5 Å². The quantitative estimate of drug-likeness (QED) is 0.810. The molecule has 1 aromatic heterocycles. The van der Waals surface area contributed by atoms with E-state index in [0.717, 1.165) is 23.6 Å². The third kappa shape index (κ3) is 3.73. The third-order valence-electron chi connectivity index (χ3n) is 3.05. The number of nitrogens with two attached hydrogens (primary N) is 1. The summed E-state index contributed by atoms with van der Waals surface area (Å²) in [6.07, 6.45) is 1.81. The summed E-state index contributed by atoms with van der Waals surface area (Å²) in [5.41, 5.74) is 9.08. The van der Waals surface area contributed by atoms with E-state index >= 15 is 0 Å². The third-order valence-corrected chi connectivity index (χ3v) is 3.92. The van der Waals surface area contributed by atoms with E-state index in [1.165, 1.54) is 11.3 Å². The first-order chi connectivity index (χ1) is 9.60. The van der Waals surface area contributed by atoms with Crippen LogP contribution >= 0.6 is 11.3 Å². The van der Waals surface area contributed by atoms with Crippen LogP contribution in [-0.4, -0.2) is 11.6 Å². The molecule has 3 nitrogen and oxygen atoms in total. The van der Waals surface area contributed by atoms with Gasteiger partial charge in [-0.05, 0) is 30.0 Å². The fraction of sp³-hybridized carbons (Fsp3) is 0.438. The summed E-state index contributed by atoms with van der Waals surface area (Å²) in [5, 5.41) is 3.28. The summed E-state index contributed by atoms with van der Waals surface area (Å²) in [6, 6.07) is 6.01. The molecule has 0 saturated carbocycles. The molecule has 0 unspecified atom stereocenters. The van der Waals surface area contributed by atoms with Gasteiger partial charge in [0, 0.05) is 11.8 Å². The lowest BCUT2D eigenvalue weighted by Crippen LogP contribution is -2.00. The van der Waals surface area contributed by atoms with E-state index in [2.05, 4.69) is 37.2 Å².